The van der Waals surface area contributed by atoms with Crippen molar-refractivity contribution in [1.29, 1.82) is 0 Å². The highest BCUT2D eigenvalue weighted by Gasteiger charge is 2.09. The number of aldehydes is 1. The average molecular weight is 420 g/mol. The fourth-order valence-corrected chi connectivity index (χ4v) is 2.98. The Labute approximate surface area is 182 Å². The molecule has 0 N–H and O–H groups in total. The van der Waals surface area contributed by atoms with Crippen molar-refractivity contribution in [3.05, 3.63) is 83.2 Å². The predicted octanol–water partition coefficient (Wildman–Crippen LogP) is 5.10. The van der Waals surface area contributed by atoms with Crippen molar-refractivity contribution in [3.63, 3.8) is 0 Å². The molecular formula is C25H26FN3O2. The van der Waals surface area contributed by atoms with Gasteiger partial charge in [0.25, 0.3) is 0 Å². The Morgan fingerprint density at radius 1 is 0.903 bits per heavy atom. The third-order valence-corrected chi connectivity index (χ3v) is 4.84. The topological polar surface area (TPSA) is 45.1 Å². The first kappa shape index (κ1) is 22.0. The summed E-state index contributed by atoms with van der Waals surface area (Å²) in [6.07, 6.45) is 2.50. The quantitative estimate of drug-likeness (QED) is 0.376. The Kier molecular flexibility index (Phi) is 7.03. The summed E-state index contributed by atoms with van der Waals surface area (Å²) in [4.78, 5) is 19.9. The normalized spacial score (nSPS) is 10.9. The van der Waals surface area contributed by atoms with Gasteiger partial charge in [-0.2, -0.15) is 0 Å². The minimum absolute atomic E-state index is 0.124. The molecule has 0 aromatic heterocycles. The number of halogens is 1. The van der Waals surface area contributed by atoms with Crippen LogP contribution in [0.4, 0.5) is 21.5 Å². The summed E-state index contributed by atoms with van der Waals surface area (Å²) in [6.45, 7) is 0.124. The number of carbonyl (C=O) groups excluding carboxylic acids is 1. The SMILES string of the molecule is CN(C)c1ccc(C=Nc2ccc(F)cc2OCc2cc(N(C)C)ccc2C=O)cc1. The summed E-state index contributed by atoms with van der Waals surface area (Å²) < 4.78 is 19.8. The minimum Gasteiger partial charge on any atom is -0.487 e. The van der Waals surface area contributed by atoms with Gasteiger partial charge >= 0.3 is 0 Å². The Hall–Kier alpha value is -3.67. The molecule has 160 valence electrons. The maximum absolute atomic E-state index is 13.9. The lowest BCUT2D eigenvalue weighted by molar-refractivity contribution is 0.112. The standard InChI is InChI=1S/C25H26FN3O2/c1-28(2)22-9-5-18(6-10-22)15-27-24-12-8-21(26)14-25(24)31-17-20-13-23(29(3)4)11-7-19(20)16-30/h5-16H,17H2,1-4H3. The van der Waals surface area contributed by atoms with E-state index in [0.717, 1.165) is 28.8 Å². The van der Waals surface area contributed by atoms with E-state index in [0.29, 0.717) is 17.0 Å². The molecule has 0 saturated heterocycles. The lowest BCUT2D eigenvalue weighted by Crippen LogP contribution is -2.10. The van der Waals surface area contributed by atoms with Gasteiger partial charge in [0.1, 0.15) is 30.1 Å². The average Bonchev–Trinajstić information content (AvgIpc) is 2.77. The number of hydrogen-bond acceptors (Lipinski definition) is 5. The zero-order valence-corrected chi connectivity index (χ0v) is 18.2. The van der Waals surface area contributed by atoms with E-state index in [1.807, 2.05) is 74.4 Å². The molecule has 3 rings (SSSR count). The van der Waals surface area contributed by atoms with E-state index in [-0.39, 0.29) is 6.61 Å². The molecule has 0 fully saturated rings. The van der Waals surface area contributed by atoms with Crippen LogP contribution in [-0.2, 0) is 6.61 Å². The van der Waals surface area contributed by atoms with E-state index in [4.69, 9.17) is 4.74 Å². The van der Waals surface area contributed by atoms with E-state index in [1.165, 1.54) is 12.1 Å². The fraction of sp³-hybridized carbons (Fsp3) is 0.200. The molecule has 0 aliphatic rings. The number of hydrogen-bond donors (Lipinski definition) is 0. The molecular weight excluding hydrogens is 393 g/mol. The smallest absolute Gasteiger partial charge is 0.150 e. The highest BCUT2D eigenvalue weighted by atomic mass is 19.1. The van der Waals surface area contributed by atoms with Crippen LogP contribution in [0, 0.1) is 5.82 Å². The molecule has 0 bridgehead atoms. The van der Waals surface area contributed by atoms with Gasteiger partial charge in [-0.15, -0.1) is 0 Å². The van der Waals surface area contributed by atoms with Gasteiger partial charge in [0.15, 0.2) is 0 Å². The second-order valence-electron chi connectivity index (χ2n) is 7.54. The molecule has 6 heteroatoms. The molecule has 5 nitrogen and oxygen atoms in total. The molecule has 0 saturated carbocycles. The first-order chi connectivity index (χ1) is 14.9. The predicted molar refractivity (Wildman–Crippen MR) is 125 cm³/mol. The molecule has 31 heavy (non-hydrogen) atoms. The summed E-state index contributed by atoms with van der Waals surface area (Å²) in [5.41, 5.74) is 4.72. The summed E-state index contributed by atoms with van der Waals surface area (Å²) in [5, 5.41) is 0. The Bertz CT molecular complexity index is 1080. The maximum atomic E-state index is 13.9. The highest BCUT2D eigenvalue weighted by Crippen LogP contribution is 2.30. The van der Waals surface area contributed by atoms with Gasteiger partial charge in [-0.25, -0.2) is 4.39 Å². The number of carbonyl (C=O) groups is 1. The van der Waals surface area contributed by atoms with E-state index in [2.05, 4.69) is 4.99 Å². The van der Waals surface area contributed by atoms with Gasteiger partial charge in [-0.3, -0.25) is 9.79 Å². The third kappa shape index (κ3) is 5.69. The minimum atomic E-state index is -0.415. The lowest BCUT2D eigenvalue weighted by Gasteiger charge is -2.16. The van der Waals surface area contributed by atoms with Crippen molar-refractivity contribution < 1.29 is 13.9 Å². The van der Waals surface area contributed by atoms with Gasteiger partial charge in [0.05, 0.1) is 0 Å². The van der Waals surface area contributed by atoms with E-state index >= 15 is 0 Å². The first-order valence-electron chi connectivity index (χ1n) is 9.86. The zero-order chi connectivity index (χ0) is 22.4. The van der Waals surface area contributed by atoms with E-state index < -0.39 is 5.82 Å². The Balaban J connectivity index is 1.82. The van der Waals surface area contributed by atoms with Crippen LogP contribution in [0.2, 0.25) is 0 Å². The lowest BCUT2D eigenvalue weighted by atomic mass is 10.1. The van der Waals surface area contributed by atoms with Crippen LogP contribution in [0.3, 0.4) is 0 Å². The van der Waals surface area contributed by atoms with Crippen LogP contribution in [0.5, 0.6) is 5.75 Å². The molecule has 3 aromatic carbocycles. The second-order valence-corrected chi connectivity index (χ2v) is 7.54. The van der Waals surface area contributed by atoms with Crippen molar-refractivity contribution in [3.8, 4) is 5.75 Å². The summed E-state index contributed by atoms with van der Waals surface area (Å²) in [6, 6.07) is 17.7. The Morgan fingerprint density at radius 2 is 1.58 bits per heavy atom. The molecule has 0 aliphatic heterocycles. The van der Waals surface area contributed by atoms with Crippen molar-refractivity contribution in [2.24, 2.45) is 4.99 Å². The van der Waals surface area contributed by atoms with Crippen molar-refractivity contribution in [2.45, 2.75) is 6.61 Å². The molecule has 0 atom stereocenters. The van der Waals surface area contributed by atoms with Crippen LogP contribution in [0.15, 0.2) is 65.7 Å². The summed E-state index contributed by atoms with van der Waals surface area (Å²) >= 11 is 0. The molecule has 0 spiro atoms. The zero-order valence-electron chi connectivity index (χ0n) is 18.2. The van der Waals surface area contributed by atoms with Crippen molar-refractivity contribution in [1.82, 2.24) is 0 Å². The fourth-order valence-electron chi connectivity index (χ4n) is 2.98. The second kappa shape index (κ2) is 9.89. The van der Waals surface area contributed by atoms with Gasteiger partial charge in [0, 0.05) is 63.0 Å². The number of ether oxygens (including phenoxy) is 1. The summed E-state index contributed by atoms with van der Waals surface area (Å²) in [7, 11) is 7.81. The number of aliphatic imine (C=N–C) groups is 1. The highest BCUT2D eigenvalue weighted by molar-refractivity contribution is 5.83. The molecule has 0 amide bonds. The third-order valence-electron chi connectivity index (χ3n) is 4.84. The van der Waals surface area contributed by atoms with Crippen LogP contribution in [0.25, 0.3) is 0 Å². The van der Waals surface area contributed by atoms with Gasteiger partial charge in [-0.05, 0) is 48.0 Å². The van der Waals surface area contributed by atoms with Gasteiger partial charge in [0.2, 0.25) is 0 Å². The van der Waals surface area contributed by atoms with Crippen LogP contribution in [0.1, 0.15) is 21.5 Å². The number of anilines is 2. The summed E-state index contributed by atoms with van der Waals surface area (Å²) in [5.74, 6) is -0.102. The monoisotopic (exact) mass is 419 g/mol. The number of nitrogens with zero attached hydrogens (tertiary/aromatic N) is 3. The molecule has 0 heterocycles. The Morgan fingerprint density at radius 3 is 2.23 bits per heavy atom. The van der Waals surface area contributed by atoms with Crippen molar-refractivity contribution >= 4 is 29.6 Å². The largest absolute Gasteiger partial charge is 0.487 e. The van der Waals surface area contributed by atoms with Crippen molar-refractivity contribution in [2.75, 3.05) is 38.0 Å². The molecule has 3 aromatic rings. The molecule has 0 radical (unpaired) electrons. The van der Waals surface area contributed by atoms with Crippen LogP contribution >= 0.6 is 0 Å². The van der Waals surface area contributed by atoms with Crippen LogP contribution < -0.4 is 14.5 Å². The van der Waals surface area contributed by atoms with Gasteiger partial charge in [-0.1, -0.05) is 12.1 Å². The first-order valence-corrected chi connectivity index (χ1v) is 9.86. The maximum Gasteiger partial charge on any atom is 0.150 e. The number of benzene rings is 3. The van der Waals surface area contributed by atoms with Crippen LogP contribution in [-0.4, -0.2) is 40.7 Å². The number of rotatable bonds is 8. The van der Waals surface area contributed by atoms with E-state index in [1.54, 1.807) is 18.3 Å². The van der Waals surface area contributed by atoms with E-state index in [9.17, 15) is 9.18 Å². The molecule has 0 aliphatic carbocycles. The molecule has 0 unspecified atom stereocenters. The van der Waals surface area contributed by atoms with Gasteiger partial charge < -0.3 is 14.5 Å².